The van der Waals surface area contributed by atoms with E-state index in [1.54, 1.807) is 0 Å². The predicted molar refractivity (Wildman–Crippen MR) is 118 cm³/mol. The number of ether oxygens (including phenoxy) is 1. The molecule has 0 radical (unpaired) electrons. The van der Waals surface area contributed by atoms with Gasteiger partial charge in [0.05, 0.1) is 18.0 Å². The smallest absolute Gasteiger partial charge is 0.196 e. The number of benzene rings is 3. The molecular weight excluding hydrogens is 380 g/mol. The van der Waals surface area contributed by atoms with Crippen molar-refractivity contribution in [2.75, 3.05) is 12.0 Å². The normalized spacial score (nSPS) is 11.2. The largest absolute Gasteiger partial charge is 0.494 e. The Kier molecular flexibility index (Phi) is 5.50. The van der Waals surface area contributed by atoms with E-state index in [1.807, 2.05) is 54.8 Å². The molecule has 1 heterocycles. The lowest BCUT2D eigenvalue weighted by Gasteiger charge is -2.04. The van der Waals surface area contributed by atoms with Gasteiger partial charge in [-0.25, -0.2) is 4.98 Å². The van der Waals surface area contributed by atoms with E-state index in [9.17, 15) is 5.26 Å². The van der Waals surface area contributed by atoms with E-state index in [4.69, 9.17) is 4.74 Å². The Labute approximate surface area is 172 Å². The zero-order valence-corrected chi connectivity index (χ0v) is 16.6. The molecule has 4 rings (SSSR count). The summed E-state index contributed by atoms with van der Waals surface area (Å²) in [5.74, 6) is 0.794. The fourth-order valence-electron chi connectivity index (χ4n) is 2.90. The first-order valence-corrected chi connectivity index (χ1v) is 10.1. The van der Waals surface area contributed by atoms with Crippen LogP contribution < -0.4 is 10.2 Å². The standard InChI is InChI=1S/C23H18N4OS/c1-2-28-20-11-9-19(10-12-20)26-27-21(14-24)23-25-22(15-29-23)18-8-7-16-5-3-4-6-17(16)13-18/h3-13,15,26H,2H2,1H3. The van der Waals surface area contributed by atoms with Crippen LogP contribution >= 0.6 is 11.3 Å². The van der Waals surface area contributed by atoms with Crippen LogP contribution in [0, 0.1) is 11.3 Å². The summed E-state index contributed by atoms with van der Waals surface area (Å²) < 4.78 is 5.42. The molecule has 0 fully saturated rings. The van der Waals surface area contributed by atoms with E-state index in [0.29, 0.717) is 11.6 Å². The minimum absolute atomic E-state index is 0.246. The van der Waals surface area contributed by atoms with Gasteiger partial charge in [0.15, 0.2) is 10.7 Å². The number of anilines is 1. The van der Waals surface area contributed by atoms with Crippen molar-refractivity contribution in [1.82, 2.24) is 4.98 Å². The minimum atomic E-state index is 0.246. The number of nitriles is 1. The molecule has 0 saturated carbocycles. The molecule has 0 amide bonds. The van der Waals surface area contributed by atoms with Crippen molar-refractivity contribution in [3.63, 3.8) is 0 Å². The Morgan fingerprint density at radius 2 is 1.90 bits per heavy atom. The number of fused-ring (bicyclic) bond motifs is 1. The fourth-order valence-corrected chi connectivity index (χ4v) is 3.66. The average molecular weight is 398 g/mol. The number of aromatic nitrogens is 1. The summed E-state index contributed by atoms with van der Waals surface area (Å²) in [7, 11) is 0. The Hall–Kier alpha value is -3.69. The fraction of sp³-hybridized carbons (Fsp3) is 0.0870. The first-order chi connectivity index (χ1) is 14.3. The molecule has 5 nitrogen and oxygen atoms in total. The highest BCUT2D eigenvalue weighted by Crippen LogP contribution is 2.26. The lowest BCUT2D eigenvalue weighted by atomic mass is 10.1. The van der Waals surface area contributed by atoms with Crippen LogP contribution in [0.1, 0.15) is 11.9 Å². The van der Waals surface area contributed by atoms with Gasteiger partial charge in [0.25, 0.3) is 0 Å². The molecule has 0 spiro atoms. The third-order valence-electron chi connectivity index (χ3n) is 4.32. The summed E-state index contributed by atoms with van der Waals surface area (Å²) in [4.78, 5) is 4.61. The second-order valence-electron chi connectivity index (χ2n) is 6.24. The number of nitrogens with zero attached hydrogens (tertiary/aromatic N) is 3. The third kappa shape index (κ3) is 4.26. The predicted octanol–water partition coefficient (Wildman–Crippen LogP) is 5.70. The maximum atomic E-state index is 9.52. The molecule has 142 valence electrons. The monoisotopic (exact) mass is 398 g/mol. The number of rotatable bonds is 6. The Balaban J connectivity index is 1.54. The molecular formula is C23H18N4OS. The molecule has 29 heavy (non-hydrogen) atoms. The van der Waals surface area contributed by atoms with Crippen LogP contribution in [0.25, 0.3) is 22.0 Å². The highest BCUT2D eigenvalue weighted by Gasteiger charge is 2.11. The highest BCUT2D eigenvalue weighted by molar-refractivity contribution is 7.12. The maximum absolute atomic E-state index is 9.52. The van der Waals surface area contributed by atoms with Gasteiger partial charge >= 0.3 is 0 Å². The van der Waals surface area contributed by atoms with E-state index in [0.717, 1.165) is 28.1 Å². The summed E-state index contributed by atoms with van der Waals surface area (Å²) in [6.45, 7) is 2.56. The van der Waals surface area contributed by atoms with E-state index >= 15 is 0 Å². The number of hydrogen-bond donors (Lipinski definition) is 1. The molecule has 4 aromatic rings. The topological polar surface area (TPSA) is 70.3 Å². The highest BCUT2D eigenvalue weighted by atomic mass is 32.1. The molecule has 0 unspecified atom stereocenters. The van der Waals surface area contributed by atoms with E-state index in [-0.39, 0.29) is 5.71 Å². The van der Waals surface area contributed by atoms with Crippen LogP contribution in [0.4, 0.5) is 5.69 Å². The quantitative estimate of drug-likeness (QED) is 0.334. The lowest BCUT2D eigenvalue weighted by Crippen LogP contribution is -2.01. The summed E-state index contributed by atoms with van der Waals surface area (Å²) >= 11 is 1.40. The molecule has 0 bridgehead atoms. The molecule has 0 aliphatic heterocycles. The van der Waals surface area contributed by atoms with Gasteiger partial charge in [-0.15, -0.1) is 11.3 Å². The molecule has 0 aliphatic carbocycles. The van der Waals surface area contributed by atoms with Crippen molar-refractivity contribution in [2.24, 2.45) is 5.10 Å². The Morgan fingerprint density at radius 3 is 2.66 bits per heavy atom. The zero-order chi connectivity index (χ0) is 20.1. The van der Waals surface area contributed by atoms with E-state index in [2.05, 4.69) is 45.8 Å². The summed E-state index contributed by atoms with van der Waals surface area (Å²) in [5, 5.41) is 18.6. The van der Waals surface area contributed by atoms with Gasteiger partial charge in [0.2, 0.25) is 0 Å². The van der Waals surface area contributed by atoms with Crippen LogP contribution in [-0.2, 0) is 0 Å². The van der Waals surface area contributed by atoms with Gasteiger partial charge in [0.1, 0.15) is 11.8 Å². The molecule has 6 heteroatoms. The van der Waals surface area contributed by atoms with Crippen molar-refractivity contribution >= 4 is 33.5 Å². The molecule has 3 aromatic carbocycles. The zero-order valence-electron chi connectivity index (χ0n) is 15.8. The van der Waals surface area contributed by atoms with Crippen molar-refractivity contribution in [3.05, 3.63) is 77.1 Å². The molecule has 0 atom stereocenters. The Morgan fingerprint density at radius 1 is 1.10 bits per heavy atom. The molecule has 0 saturated heterocycles. The molecule has 1 N–H and O–H groups in total. The van der Waals surface area contributed by atoms with Crippen molar-refractivity contribution in [3.8, 4) is 23.1 Å². The van der Waals surface area contributed by atoms with Crippen molar-refractivity contribution in [1.29, 1.82) is 5.26 Å². The van der Waals surface area contributed by atoms with E-state index in [1.165, 1.54) is 16.7 Å². The Bertz CT molecular complexity index is 1210. The van der Waals surface area contributed by atoms with Gasteiger partial charge < -0.3 is 4.74 Å². The lowest BCUT2D eigenvalue weighted by molar-refractivity contribution is 0.340. The maximum Gasteiger partial charge on any atom is 0.196 e. The van der Waals surface area contributed by atoms with Crippen LogP contribution in [0.3, 0.4) is 0 Å². The molecule has 1 aromatic heterocycles. The summed E-state index contributed by atoms with van der Waals surface area (Å²) in [6.07, 6.45) is 0. The SMILES string of the molecule is CCOc1ccc(NN=C(C#N)c2nc(-c3ccc4ccccc4c3)cs2)cc1. The van der Waals surface area contributed by atoms with Crippen LogP contribution in [-0.4, -0.2) is 17.3 Å². The number of nitrogens with one attached hydrogen (secondary N) is 1. The summed E-state index contributed by atoms with van der Waals surface area (Å²) in [6, 6.07) is 24.0. The number of hydrogen-bond acceptors (Lipinski definition) is 6. The number of hydrazone groups is 1. The van der Waals surface area contributed by atoms with Gasteiger partial charge in [-0.3, -0.25) is 5.43 Å². The second kappa shape index (κ2) is 8.55. The summed E-state index contributed by atoms with van der Waals surface area (Å²) in [5.41, 5.74) is 5.78. The van der Waals surface area contributed by atoms with Gasteiger partial charge in [0, 0.05) is 10.9 Å². The van der Waals surface area contributed by atoms with Gasteiger partial charge in [-0.1, -0.05) is 36.4 Å². The minimum Gasteiger partial charge on any atom is -0.494 e. The average Bonchev–Trinajstić information content (AvgIpc) is 3.25. The molecule has 0 aliphatic rings. The van der Waals surface area contributed by atoms with Gasteiger partial charge in [-0.05, 0) is 48.0 Å². The number of thiazole rings is 1. The van der Waals surface area contributed by atoms with Gasteiger partial charge in [-0.2, -0.15) is 10.4 Å². The van der Waals surface area contributed by atoms with Crippen molar-refractivity contribution < 1.29 is 4.74 Å². The first-order valence-electron chi connectivity index (χ1n) is 9.18. The second-order valence-corrected chi connectivity index (χ2v) is 7.10. The first kappa shape index (κ1) is 18.7. The van der Waals surface area contributed by atoms with Crippen LogP contribution in [0.15, 0.2) is 77.2 Å². The van der Waals surface area contributed by atoms with Crippen molar-refractivity contribution in [2.45, 2.75) is 6.92 Å². The van der Waals surface area contributed by atoms with E-state index < -0.39 is 0 Å². The third-order valence-corrected chi connectivity index (χ3v) is 5.17. The van der Waals surface area contributed by atoms with Crippen LogP contribution in [0.5, 0.6) is 5.75 Å². The van der Waals surface area contributed by atoms with Crippen LogP contribution in [0.2, 0.25) is 0 Å².